The van der Waals surface area contributed by atoms with Gasteiger partial charge in [-0.05, 0) is 69.7 Å². The Labute approximate surface area is 179 Å². The SMILES string of the molecule is COc1cc(C(C)=O)ccc1OCCCC(=O)N1CCC(NCC2CC2)CC1.Cl. The van der Waals surface area contributed by atoms with Crippen molar-refractivity contribution >= 4 is 24.1 Å². The number of nitrogens with one attached hydrogen (secondary N) is 1. The molecule has 0 radical (unpaired) electrons. The number of benzene rings is 1. The fourth-order valence-electron chi connectivity index (χ4n) is 3.56. The van der Waals surface area contributed by atoms with Gasteiger partial charge in [-0.1, -0.05) is 0 Å². The van der Waals surface area contributed by atoms with E-state index in [1.54, 1.807) is 25.3 Å². The van der Waals surface area contributed by atoms with Gasteiger partial charge in [-0.2, -0.15) is 0 Å². The second kappa shape index (κ2) is 11.4. The predicted molar refractivity (Wildman–Crippen MR) is 115 cm³/mol. The molecule has 1 aliphatic carbocycles. The maximum atomic E-state index is 12.4. The molecule has 1 aromatic rings. The van der Waals surface area contributed by atoms with Crippen LogP contribution in [0.15, 0.2) is 18.2 Å². The van der Waals surface area contributed by atoms with Crippen LogP contribution in [0.25, 0.3) is 0 Å². The summed E-state index contributed by atoms with van der Waals surface area (Å²) in [4.78, 5) is 25.9. The van der Waals surface area contributed by atoms with Gasteiger partial charge >= 0.3 is 0 Å². The number of hydrogen-bond acceptors (Lipinski definition) is 5. The van der Waals surface area contributed by atoms with E-state index in [9.17, 15) is 9.59 Å². The number of amides is 1. The third kappa shape index (κ3) is 7.19. The van der Waals surface area contributed by atoms with Gasteiger partial charge in [-0.25, -0.2) is 0 Å². The van der Waals surface area contributed by atoms with Crippen molar-refractivity contribution in [2.24, 2.45) is 5.92 Å². The summed E-state index contributed by atoms with van der Waals surface area (Å²) in [6, 6.07) is 5.73. The number of nitrogens with zero attached hydrogens (tertiary/aromatic N) is 1. The molecule has 1 amide bonds. The summed E-state index contributed by atoms with van der Waals surface area (Å²) in [5, 5.41) is 3.64. The van der Waals surface area contributed by atoms with E-state index in [4.69, 9.17) is 9.47 Å². The Balaban J connectivity index is 0.00000300. The molecule has 3 rings (SSSR count). The molecule has 1 N–H and O–H groups in total. The van der Waals surface area contributed by atoms with Crippen molar-refractivity contribution in [3.05, 3.63) is 23.8 Å². The number of likely N-dealkylation sites (tertiary alicyclic amines) is 1. The van der Waals surface area contributed by atoms with Gasteiger partial charge in [0, 0.05) is 31.1 Å². The maximum absolute atomic E-state index is 12.4. The lowest BCUT2D eigenvalue weighted by atomic mass is 10.0. The molecule has 1 heterocycles. The zero-order chi connectivity index (χ0) is 19.9. The molecule has 1 aromatic carbocycles. The maximum Gasteiger partial charge on any atom is 0.222 e. The highest BCUT2D eigenvalue weighted by atomic mass is 35.5. The Morgan fingerprint density at radius 3 is 2.48 bits per heavy atom. The molecule has 2 aliphatic rings. The monoisotopic (exact) mass is 424 g/mol. The Kier molecular flexibility index (Phi) is 9.24. The van der Waals surface area contributed by atoms with Gasteiger partial charge in [0.15, 0.2) is 17.3 Å². The van der Waals surface area contributed by atoms with Gasteiger partial charge in [0.1, 0.15) is 0 Å². The van der Waals surface area contributed by atoms with Crippen LogP contribution in [0.3, 0.4) is 0 Å². The molecule has 1 saturated carbocycles. The van der Waals surface area contributed by atoms with Crippen molar-refractivity contribution in [2.75, 3.05) is 33.4 Å². The quantitative estimate of drug-likeness (QED) is 0.460. The van der Waals surface area contributed by atoms with Gasteiger partial charge in [-0.15, -0.1) is 12.4 Å². The number of carbonyl (C=O) groups excluding carboxylic acids is 2. The van der Waals surface area contributed by atoms with Crippen LogP contribution in [0.5, 0.6) is 11.5 Å². The van der Waals surface area contributed by atoms with Gasteiger partial charge in [0.05, 0.1) is 13.7 Å². The fraction of sp³-hybridized carbons (Fsp3) is 0.636. The minimum absolute atomic E-state index is 0. The molecule has 162 valence electrons. The highest BCUT2D eigenvalue weighted by Gasteiger charge is 2.25. The lowest BCUT2D eigenvalue weighted by molar-refractivity contribution is -0.132. The lowest BCUT2D eigenvalue weighted by Crippen LogP contribution is -2.45. The molecule has 7 heteroatoms. The molecular formula is C22H33ClN2O4. The summed E-state index contributed by atoms with van der Waals surface area (Å²) in [6.45, 7) is 4.81. The molecule has 0 aromatic heterocycles. The van der Waals surface area contributed by atoms with Crippen LogP contribution < -0.4 is 14.8 Å². The zero-order valence-corrected chi connectivity index (χ0v) is 18.3. The molecular weight excluding hydrogens is 392 g/mol. The minimum atomic E-state index is -0.0121. The molecule has 1 saturated heterocycles. The van der Waals surface area contributed by atoms with E-state index in [0.29, 0.717) is 42.6 Å². The van der Waals surface area contributed by atoms with Crippen molar-refractivity contribution in [3.63, 3.8) is 0 Å². The Morgan fingerprint density at radius 1 is 1.14 bits per heavy atom. The topological polar surface area (TPSA) is 67.9 Å². The highest BCUT2D eigenvalue weighted by molar-refractivity contribution is 5.94. The van der Waals surface area contributed by atoms with Crippen molar-refractivity contribution in [2.45, 2.75) is 51.5 Å². The summed E-state index contributed by atoms with van der Waals surface area (Å²) >= 11 is 0. The lowest BCUT2D eigenvalue weighted by Gasteiger charge is -2.32. The van der Waals surface area contributed by atoms with Crippen molar-refractivity contribution < 1.29 is 19.1 Å². The average molecular weight is 425 g/mol. The van der Waals surface area contributed by atoms with E-state index in [1.165, 1.54) is 19.8 Å². The molecule has 29 heavy (non-hydrogen) atoms. The highest BCUT2D eigenvalue weighted by Crippen LogP contribution is 2.29. The number of rotatable bonds is 10. The first kappa shape index (κ1) is 23.5. The van der Waals surface area contributed by atoms with E-state index in [1.807, 2.05) is 4.90 Å². The first-order valence-corrected chi connectivity index (χ1v) is 10.4. The van der Waals surface area contributed by atoms with Crippen LogP contribution >= 0.6 is 12.4 Å². The first-order chi connectivity index (χ1) is 13.6. The van der Waals surface area contributed by atoms with E-state index >= 15 is 0 Å². The molecule has 0 unspecified atom stereocenters. The number of ketones is 1. The summed E-state index contributed by atoms with van der Waals surface area (Å²) in [6.07, 6.45) is 6.01. The summed E-state index contributed by atoms with van der Waals surface area (Å²) in [5.41, 5.74) is 0.592. The number of carbonyl (C=O) groups is 2. The molecule has 2 fully saturated rings. The zero-order valence-electron chi connectivity index (χ0n) is 17.4. The first-order valence-electron chi connectivity index (χ1n) is 10.4. The van der Waals surface area contributed by atoms with Gasteiger partial charge in [0.25, 0.3) is 0 Å². The standard InChI is InChI=1S/C22H32N2O4.ClH/c1-16(25)18-7-8-20(21(14-18)27-2)28-13-3-4-22(26)24-11-9-19(10-12-24)23-15-17-5-6-17;/h7-8,14,17,19,23H,3-6,9-13,15H2,1-2H3;1H. The van der Waals surface area contributed by atoms with Crippen LogP contribution in [0.4, 0.5) is 0 Å². The molecule has 0 spiro atoms. The number of ether oxygens (including phenoxy) is 2. The van der Waals surface area contributed by atoms with E-state index < -0.39 is 0 Å². The van der Waals surface area contributed by atoms with Crippen LogP contribution in [-0.2, 0) is 4.79 Å². The van der Waals surface area contributed by atoms with Crippen LogP contribution in [0, 0.1) is 5.92 Å². The largest absolute Gasteiger partial charge is 0.493 e. The van der Waals surface area contributed by atoms with Crippen LogP contribution in [-0.4, -0.2) is 56.0 Å². The second-order valence-electron chi connectivity index (χ2n) is 7.88. The third-order valence-corrected chi connectivity index (χ3v) is 5.60. The molecule has 6 nitrogen and oxygen atoms in total. The van der Waals surface area contributed by atoms with Gasteiger partial charge < -0.3 is 19.7 Å². The average Bonchev–Trinajstić information content (AvgIpc) is 3.54. The normalized spacial score (nSPS) is 16.8. The van der Waals surface area contributed by atoms with Crippen molar-refractivity contribution in [1.82, 2.24) is 10.2 Å². The smallest absolute Gasteiger partial charge is 0.222 e. The van der Waals surface area contributed by atoms with Crippen LogP contribution in [0.2, 0.25) is 0 Å². The van der Waals surface area contributed by atoms with Crippen molar-refractivity contribution in [1.29, 1.82) is 0 Å². The van der Waals surface area contributed by atoms with Crippen LogP contribution in [0.1, 0.15) is 55.8 Å². The summed E-state index contributed by atoms with van der Waals surface area (Å²) in [7, 11) is 1.55. The Hall–Kier alpha value is -1.79. The van der Waals surface area contributed by atoms with E-state index in [2.05, 4.69) is 5.32 Å². The minimum Gasteiger partial charge on any atom is -0.493 e. The number of hydrogen-bond donors (Lipinski definition) is 1. The van der Waals surface area contributed by atoms with E-state index in [0.717, 1.165) is 38.4 Å². The number of halogens is 1. The summed E-state index contributed by atoms with van der Waals surface area (Å²) in [5.74, 6) is 2.24. The Bertz CT molecular complexity index is 685. The predicted octanol–water partition coefficient (Wildman–Crippen LogP) is 3.47. The molecule has 0 atom stereocenters. The third-order valence-electron chi connectivity index (χ3n) is 5.60. The Morgan fingerprint density at radius 2 is 1.86 bits per heavy atom. The number of Topliss-reactive ketones (excluding diaryl/α,β-unsaturated/α-hetero) is 1. The molecule has 1 aliphatic heterocycles. The van der Waals surface area contributed by atoms with Gasteiger partial charge in [-0.3, -0.25) is 9.59 Å². The molecule has 0 bridgehead atoms. The second-order valence-corrected chi connectivity index (χ2v) is 7.88. The fourth-order valence-corrected chi connectivity index (χ4v) is 3.56. The number of methoxy groups -OCH3 is 1. The van der Waals surface area contributed by atoms with Gasteiger partial charge in [0.2, 0.25) is 5.91 Å². The summed E-state index contributed by atoms with van der Waals surface area (Å²) < 4.78 is 11.1. The van der Waals surface area contributed by atoms with Crippen molar-refractivity contribution in [3.8, 4) is 11.5 Å². The number of piperidine rings is 1. The van der Waals surface area contributed by atoms with E-state index in [-0.39, 0.29) is 24.1 Å².